The molecule has 84 valence electrons. The van der Waals surface area contributed by atoms with Crippen LogP contribution in [0, 0.1) is 0 Å². The number of nitrogen functional groups attached to an aromatic ring is 1. The minimum absolute atomic E-state index is 0.172. The number of aryl methyl sites for hydroxylation is 1. The smallest absolute Gasteiger partial charge is 0.387 e. The largest absolute Gasteiger partial charge is 0.434 e. The maximum atomic E-state index is 12.1. The van der Waals surface area contributed by atoms with Gasteiger partial charge in [-0.15, -0.1) is 0 Å². The zero-order valence-electron chi connectivity index (χ0n) is 8.05. The molecule has 0 fully saturated rings. The van der Waals surface area contributed by atoms with E-state index in [2.05, 4.69) is 20.7 Å². The Morgan fingerprint density at radius 3 is 2.73 bits per heavy atom. The fraction of sp³-hybridized carbons (Fsp3) is 0.400. The van der Waals surface area contributed by atoms with E-state index in [-0.39, 0.29) is 5.75 Å². The molecule has 1 aromatic rings. The second-order valence-electron chi connectivity index (χ2n) is 3.04. The fourth-order valence-electron chi connectivity index (χ4n) is 1.24. The van der Waals surface area contributed by atoms with Gasteiger partial charge in [0.05, 0.1) is 0 Å². The van der Waals surface area contributed by atoms with Crippen LogP contribution in [-0.2, 0) is 6.42 Å². The molecule has 0 spiro atoms. The predicted molar refractivity (Wildman–Crippen MR) is 59.6 cm³/mol. The third-order valence-corrected chi connectivity index (χ3v) is 2.45. The van der Waals surface area contributed by atoms with Crippen LogP contribution in [0.3, 0.4) is 0 Å². The van der Waals surface area contributed by atoms with E-state index in [4.69, 9.17) is 5.73 Å². The summed E-state index contributed by atoms with van der Waals surface area (Å²) in [6.07, 6.45) is 1.55. The highest BCUT2D eigenvalue weighted by Gasteiger charge is 2.09. The fourth-order valence-corrected chi connectivity index (χ4v) is 1.52. The van der Waals surface area contributed by atoms with E-state index >= 15 is 0 Å². The molecule has 15 heavy (non-hydrogen) atoms. The van der Waals surface area contributed by atoms with Gasteiger partial charge in [0, 0.05) is 17.1 Å². The van der Waals surface area contributed by atoms with Crippen molar-refractivity contribution in [2.45, 2.75) is 19.5 Å². The SMILES string of the molecule is Nc1ccc(CCCBr)c(OC(F)F)c1. The molecule has 1 rings (SSSR count). The van der Waals surface area contributed by atoms with Gasteiger partial charge in [-0.25, -0.2) is 0 Å². The maximum absolute atomic E-state index is 12.1. The minimum Gasteiger partial charge on any atom is -0.434 e. The zero-order chi connectivity index (χ0) is 11.3. The number of hydrogen-bond donors (Lipinski definition) is 1. The van der Waals surface area contributed by atoms with Gasteiger partial charge in [0.2, 0.25) is 0 Å². The van der Waals surface area contributed by atoms with Crippen molar-refractivity contribution in [3.05, 3.63) is 23.8 Å². The molecule has 2 nitrogen and oxygen atoms in total. The molecule has 0 bridgehead atoms. The molecule has 0 amide bonds. The molecule has 0 heterocycles. The Bertz CT molecular complexity index is 320. The van der Waals surface area contributed by atoms with Gasteiger partial charge < -0.3 is 10.5 Å². The van der Waals surface area contributed by atoms with Crippen LogP contribution in [0.25, 0.3) is 0 Å². The van der Waals surface area contributed by atoms with Crippen molar-refractivity contribution in [3.63, 3.8) is 0 Å². The first kappa shape index (κ1) is 12.2. The van der Waals surface area contributed by atoms with E-state index in [9.17, 15) is 8.78 Å². The summed E-state index contributed by atoms with van der Waals surface area (Å²) in [6.45, 7) is -2.81. The number of benzene rings is 1. The lowest BCUT2D eigenvalue weighted by Crippen LogP contribution is -2.05. The van der Waals surface area contributed by atoms with Gasteiger partial charge in [-0.2, -0.15) is 8.78 Å². The number of rotatable bonds is 5. The van der Waals surface area contributed by atoms with Gasteiger partial charge in [-0.3, -0.25) is 0 Å². The highest BCUT2D eigenvalue weighted by Crippen LogP contribution is 2.25. The molecule has 0 atom stereocenters. The number of alkyl halides is 3. The first-order valence-electron chi connectivity index (χ1n) is 4.52. The summed E-state index contributed by atoms with van der Waals surface area (Å²) >= 11 is 3.28. The molecular weight excluding hydrogens is 268 g/mol. The van der Waals surface area contributed by atoms with Crippen LogP contribution in [0.5, 0.6) is 5.75 Å². The van der Waals surface area contributed by atoms with Gasteiger partial charge in [0.25, 0.3) is 0 Å². The Morgan fingerprint density at radius 2 is 2.13 bits per heavy atom. The third kappa shape index (κ3) is 4.03. The third-order valence-electron chi connectivity index (χ3n) is 1.89. The number of halogens is 3. The van der Waals surface area contributed by atoms with E-state index in [1.165, 1.54) is 6.07 Å². The first-order valence-corrected chi connectivity index (χ1v) is 5.65. The summed E-state index contributed by atoms with van der Waals surface area (Å²) in [5.41, 5.74) is 6.68. The molecule has 1 aromatic carbocycles. The Morgan fingerprint density at radius 1 is 1.40 bits per heavy atom. The lowest BCUT2D eigenvalue weighted by atomic mass is 10.1. The monoisotopic (exact) mass is 279 g/mol. The van der Waals surface area contributed by atoms with Crippen LogP contribution in [0.15, 0.2) is 18.2 Å². The van der Waals surface area contributed by atoms with Crippen LogP contribution in [0.4, 0.5) is 14.5 Å². The summed E-state index contributed by atoms with van der Waals surface area (Å²) in [6, 6.07) is 4.83. The molecule has 0 aromatic heterocycles. The summed E-state index contributed by atoms with van der Waals surface area (Å²) in [5, 5.41) is 0.825. The van der Waals surface area contributed by atoms with Gasteiger partial charge in [0.15, 0.2) is 0 Å². The number of nitrogens with two attached hydrogens (primary N) is 1. The van der Waals surface area contributed by atoms with Crippen LogP contribution in [0.2, 0.25) is 0 Å². The Kier molecular flexibility index (Phi) is 4.81. The quantitative estimate of drug-likeness (QED) is 0.664. The Hall–Kier alpha value is -0.840. The molecule has 0 saturated heterocycles. The van der Waals surface area contributed by atoms with Crippen molar-refractivity contribution in [2.24, 2.45) is 0 Å². The normalized spacial score (nSPS) is 10.7. The molecule has 5 heteroatoms. The second-order valence-corrected chi connectivity index (χ2v) is 3.83. The van der Waals surface area contributed by atoms with Crippen LogP contribution in [-0.4, -0.2) is 11.9 Å². The Balaban J connectivity index is 2.82. The second kappa shape index (κ2) is 5.90. The number of ether oxygens (including phenoxy) is 1. The summed E-state index contributed by atoms with van der Waals surface area (Å²) < 4.78 is 28.6. The van der Waals surface area contributed by atoms with E-state index in [1.807, 2.05) is 0 Å². The van der Waals surface area contributed by atoms with Crippen molar-refractivity contribution < 1.29 is 13.5 Å². The van der Waals surface area contributed by atoms with Crippen molar-refractivity contribution in [1.82, 2.24) is 0 Å². The van der Waals surface area contributed by atoms with Crippen molar-refractivity contribution in [1.29, 1.82) is 0 Å². The highest BCUT2D eigenvalue weighted by atomic mass is 79.9. The van der Waals surface area contributed by atoms with Crippen LogP contribution < -0.4 is 10.5 Å². The van der Waals surface area contributed by atoms with E-state index in [0.717, 1.165) is 17.3 Å². The molecule has 0 aliphatic carbocycles. The average Bonchev–Trinajstić information content (AvgIpc) is 2.16. The molecular formula is C10H12BrF2NO. The molecule has 0 radical (unpaired) electrons. The van der Waals surface area contributed by atoms with E-state index in [1.54, 1.807) is 12.1 Å². The summed E-state index contributed by atoms with van der Waals surface area (Å²) in [4.78, 5) is 0. The summed E-state index contributed by atoms with van der Waals surface area (Å²) in [5.74, 6) is 0.172. The topological polar surface area (TPSA) is 35.2 Å². The first-order chi connectivity index (χ1) is 7.13. The zero-order valence-corrected chi connectivity index (χ0v) is 9.64. The molecule has 0 aliphatic heterocycles. The molecule has 0 aliphatic rings. The van der Waals surface area contributed by atoms with Crippen LogP contribution >= 0.6 is 15.9 Å². The highest BCUT2D eigenvalue weighted by molar-refractivity contribution is 9.09. The average molecular weight is 280 g/mol. The predicted octanol–water partition coefficient (Wildman–Crippen LogP) is 3.20. The van der Waals surface area contributed by atoms with E-state index < -0.39 is 6.61 Å². The van der Waals surface area contributed by atoms with Crippen molar-refractivity contribution in [2.75, 3.05) is 11.1 Å². The maximum Gasteiger partial charge on any atom is 0.387 e. The van der Waals surface area contributed by atoms with Crippen LogP contribution in [0.1, 0.15) is 12.0 Å². The Labute approximate surface area is 95.5 Å². The van der Waals surface area contributed by atoms with E-state index in [0.29, 0.717) is 12.1 Å². The molecule has 2 N–H and O–H groups in total. The standard InChI is InChI=1S/C10H12BrF2NO/c11-5-1-2-7-3-4-8(14)6-9(7)15-10(12)13/h3-4,6,10H,1-2,5,14H2. The van der Waals surface area contributed by atoms with Crippen molar-refractivity contribution >= 4 is 21.6 Å². The van der Waals surface area contributed by atoms with Gasteiger partial charge in [-0.05, 0) is 24.5 Å². The molecule has 0 unspecified atom stereocenters. The number of anilines is 1. The van der Waals surface area contributed by atoms with Gasteiger partial charge >= 0.3 is 6.61 Å². The molecule has 0 saturated carbocycles. The van der Waals surface area contributed by atoms with Crippen molar-refractivity contribution in [3.8, 4) is 5.75 Å². The lowest BCUT2D eigenvalue weighted by Gasteiger charge is -2.10. The lowest BCUT2D eigenvalue weighted by molar-refractivity contribution is -0.0504. The minimum atomic E-state index is -2.81. The number of hydrogen-bond acceptors (Lipinski definition) is 2. The van der Waals surface area contributed by atoms with Gasteiger partial charge in [0.1, 0.15) is 5.75 Å². The summed E-state index contributed by atoms with van der Waals surface area (Å²) in [7, 11) is 0. The van der Waals surface area contributed by atoms with Gasteiger partial charge in [-0.1, -0.05) is 22.0 Å².